The highest BCUT2D eigenvalue weighted by atomic mass is 32.2. The van der Waals surface area contributed by atoms with Gasteiger partial charge in [-0.3, -0.25) is 4.90 Å². The number of aliphatic hydroxyl groups is 1. The first-order chi connectivity index (χ1) is 9.12. The van der Waals surface area contributed by atoms with Crippen LogP contribution in [-0.2, 0) is 10.0 Å². The first-order valence-corrected chi connectivity index (χ1v) is 8.74. The molecule has 7 heteroatoms. The van der Waals surface area contributed by atoms with Crippen molar-refractivity contribution in [2.75, 3.05) is 58.2 Å². The molecule has 1 unspecified atom stereocenters. The van der Waals surface area contributed by atoms with Crippen molar-refractivity contribution in [1.29, 1.82) is 0 Å². The van der Waals surface area contributed by atoms with E-state index >= 15 is 0 Å². The van der Waals surface area contributed by atoms with Crippen molar-refractivity contribution in [2.45, 2.75) is 12.8 Å². The molecule has 0 aromatic rings. The fourth-order valence-electron chi connectivity index (χ4n) is 2.84. The van der Waals surface area contributed by atoms with Gasteiger partial charge in [-0.05, 0) is 31.8 Å². The maximum Gasteiger partial charge on any atom is 0.214 e. The van der Waals surface area contributed by atoms with Gasteiger partial charge in [0, 0.05) is 32.7 Å². The quantitative estimate of drug-likeness (QED) is 0.674. The Morgan fingerprint density at radius 2 is 1.95 bits per heavy atom. The van der Waals surface area contributed by atoms with E-state index in [2.05, 4.69) is 10.2 Å². The van der Waals surface area contributed by atoms with Crippen LogP contribution in [0, 0.1) is 5.92 Å². The average molecular weight is 291 g/mol. The summed E-state index contributed by atoms with van der Waals surface area (Å²) in [7, 11) is -3.12. The van der Waals surface area contributed by atoms with Gasteiger partial charge in [0.25, 0.3) is 0 Å². The smallest absolute Gasteiger partial charge is 0.214 e. The molecule has 2 fully saturated rings. The number of hydrogen-bond acceptors (Lipinski definition) is 5. The molecule has 0 saturated carbocycles. The monoisotopic (exact) mass is 291 g/mol. The standard InChI is InChI=1S/C12H25N3O3S/c16-9-8-14-4-6-15(7-5-14)19(17,18)11-12-2-1-3-13-10-12/h12-13,16H,1-11H2. The number of nitrogens with one attached hydrogen (secondary N) is 1. The van der Waals surface area contributed by atoms with E-state index in [1.165, 1.54) is 0 Å². The third-order valence-corrected chi connectivity index (χ3v) is 6.03. The highest BCUT2D eigenvalue weighted by Crippen LogP contribution is 2.16. The molecule has 2 N–H and O–H groups in total. The molecule has 2 heterocycles. The molecule has 0 radical (unpaired) electrons. The molecule has 0 aliphatic carbocycles. The molecule has 6 nitrogen and oxygen atoms in total. The van der Waals surface area contributed by atoms with Crippen LogP contribution in [0.3, 0.4) is 0 Å². The van der Waals surface area contributed by atoms with E-state index in [-0.39, 0.29) is 18.3 Å². The SMILES string of the molecule is O=S(=O)(CC1CCCNC1)N1CCN(CCO)CC1. The highest BCUT2D eigenvalue weighted by Gasteiger charge is 2.29. The van der Waals surface area contributed by atoms with Gasteiger partial charge in [-0.1, -0.05) is 0 Å². The summed E-state index contributed by atoms with van der Waals surface area (Å²) in [6.45, 7) is 5.18. The lowest BCUT2D eigenvalue weighted by Crippen LogP contribution is -2.50. The molecule has 1 atom stereocenters. The number of rotatable bonds is 5. The number of β-amino-alcohol motifs (C(OH)–C–C–N with tert-alkyl or cyclic N) is 1. The summed E-state index contributed by atoms with van der Waals surface area (Å²) < 4.78 is 26.3. The Hall–Kier alpha value is -0.210. The van der Waals surface area contributed by atoms with Crippen LogP contribution in [0.4, 0.5) is 0 Å². The molecular weight excluding hydrogens is 266 g/mol. The van der Waals surface area contributed by atoms with Gasteiger partial charge in [-0.25, -0.2) is 8.42 Å². The normalized spacial score (nSPS) is 27.5. The first kappa shape index (κ1) is 15.2. The number of hydrogen-bond donors (Lipinski definition) is 2. The lowest BCUT2D eigenvalue weighted by atomic mass is 10.0. The maximum atomic E-state index is 12.3. The Balaban J connectivity index is 1.83. The van der Waals surface area contributed by atoms with E-state index in [9.17, 15) is 8.42 Å². The number of nitrogens with zero attached hydrogens (tertiary/aromatic N) is 2. The molecule has 2 rings (SSSR count). The fraction of sp³-hybridized carbons (Fsp3) is 1.00. The van der Waals surface area contributed by atoms with Gasteiger partial charge in [0.2, 0.25) is 10.0 Å². The third-order valence-electron chi connectivity index (χ3n) is 3.99. The molecule has 2 aliphatic rings. The molecule has 2 aliphatic heterocycles. The summed E-state index contributed by atoms with van der Waals surface area (Å²) >= 11 is 0. The van der Waals surface area contributed by atoms with Crippen LogP contribution in [-0.4, -0.2) is 80.9 Å². The van der Waals surface area contributed by atoms with E-state index in [0.717, 1.165) is 39.0 Å². The largest absolute Gasteiger partial charge is 0.395 e. The molecule has 19 heavy (non-hydrogen) atoms. The molecule has 0 aromatic heterocycles. The number of aliphatic hydroxyl groups excluding tert-OH is 1. The Morgan fingerprint density at radius 3 is 2.53 bits per heavy atom. The average Bonchev–Trinajstić information content (AvgIpc) is 2.40. The minimum Gasteiger partial charge on any atom is -0.395 e. The van der Waals surface area contributed by atoms with Crippen LogP contribution in [0.5, 0.6) is 0 Å². The van der Waals surface area contributed by atoms with Gasteiger partial charge in [0.1, 0.15) is 0 Å². The minimum atomic E-state index is -3.12. The molecule has 0 bridgehead atoms. The summed E-state index contributed by atoms with van der Waals surface area (Å²) in [5.74, 6) is 0.536. The zero-order valence-corrected chi connectivity index (χ0v) is 12.2. The number of sulfonamides is 1. The molecule has 0 amide bonds. The molecular formula is C12H25N3O3S. The first-order valence-electron chi connectivity index (χ1n) is 7.13. The van der Waals surface area contributed by atoms with E-state index in [1.807, 2.05) is 0 Å². The number of piperazine rings is 1. The van der Waals surface area contributed by atoms with Crippen LogP contribution < -0.4 is 5.32 Å². The van der Waals surface area contributed by atoms with Crippen LogP contribution >= 0.6 is 0 Å². The summed E-state index contributed by atoms with van der Waals surface area (Å²) in [6, 6.07) is 0. The van der Waals surface area contributed by atoms with Gasteiger partial charge >= 0.3 is 0 Å². The van der Waals surface area contributed by atoms with Crippen molar-refractivity contribution in [3.05, 3.63) is 0 Å². The zero-order chi connectivity index (χ0) is 13.7. The van der Waals surface area contributed by atoms with Gasteiger partial charge < -0.3 is 10.4 Å². The second-order valence-corrected chi connectivity index (χ2v) is 7.47. The second-order valence-electron chi connectivity index (χ2n) is 5.46. The summed E-state index contributed by atoms with van der Waals surface area (Å²) in [4.78, 5) is 2.11. The van der Waals surface area contributed by atoms with Crippen molar-refractivity contribution in [2.24, 2.45) is 5.92 Å². The van der Waals surface area contributed by atoms with Gasteiger partial charge in [-0.15, -0.1) is 0 Å². The van der Waals surface area contributed by atoms with Gasteiger partial charge in [0.15, 0.2) is 0 Å². The summed E-state index contributed by atoms with van der Waals surface area (Å²) in [5, 5.41) is 12.1. The van der Waals surface area contributed by atoms with Crippen molar-refractivity contribution in [3.63, 3.8) is 0 Å². The topological polar surface area (TPSA) is 72.9 Å². The Morgan fingerprint density at radius 1 is 1.21 bits per heavy atom. The Labute approximate surface area is 115 Å². The fourth-order valence-corrected chi connectivity index (χ4v) is 4.65. The van der Waals surface area contributed by atoms with E-state index in [4.69, 9.17) is 5.11 Å². The third kappa shape index (κ3) is 4.39. The van der Waals surface area contributed by atoms with Crippen LogP contribution in [0.2, 0.25) is 0 Å². The van der Waals surface area contributed by atoms with Gasteiger partial charge in [-0.2, -0.15) is 4.31 Å². The Kier molecular flexibility index (Phi) is 5.58. The van der Waals surface area contributed by atoms with E-state index in [0.29, 0.717) is 19.6 Å². The summed E-state index contributed by atoms with van der Waals surface area (Å²) in [5.41, 5.74) is 0. The van der Waals surface area contributed by atoms with Crippen LogP contribution in [0.15, 0.2) is 0 Å². The lowest BCUT2D eigenvalue weighted by Gasteiger charge is -2.34. The second kappa shape index (κ2) is 6.99. The molecule has 0 spiro atoms. The molecule has 112 valence electrons. The van der Waals surface area contributed by atoms with Crippen LogP contribution in [0.25, 0.3) is 0 Å². The summed E-state index contributed by atoms with van der Waals surface area (Å²) in [6.07, 6.45) is 2.08. The van der Waals surface area contributed by atoms with Crippen molar-refractivity contribution < 1.29 is 13.5 Å². The Bertz CT molecular complexity index is 360. The van der Waals surface area contributed by atoms with Crippen LogP contribution in [0.1, 0.15) is 12.8 Å². The van der Waals surface area contributed by atoms with Crippen molar-refractivity contribution in [3.8, 4) is 0 Å². The van der Waals surface area contributed by atoms with E-state index in [1.54, 1.807) is 4.31 Å². The molecule has 2 saturated heterocycles. The van der Waals surface area contributed by atoms with Crippen molar-refractivity contribution in [1.82, 2.24) is 14.5 Å². The van der Waals surface area contributed by atoms with Gasteiger partial charge in [0.05, 0.1) is 12.4 Å². The minimum absolute atomic E-state index is 0.139. The zero-order valence-electron chi connectivity index (χ0n) is 11.4. The van der Waals surface area contributed by atoms with E-state index < -0.39 is 10.0 Å². The highest BCUT2D eigenvalue weighted by molar-refractivity contribution is 7.89. The number of piperidine rings is 1. The van der Waals surface area contributed by atoms with Crippen molar-refractivity contribution >= 4 is 10.0 Å². The molecule has 0 aromatic carbocycles. The maximum absolute atomic E-state index is 12.3. The lowest BCUT2D eigenvalue weighted by molar-refractivity contribution is 0.151. The predicted molar refractivity (Wildman–Crippen MR) is 74.5 cm³/mol. The predicted octanol–water partition coefficient (Wildman–Crippen LogP) is -1.07.